The Morgan fingerprint density at radius 2 is 0.792 bits per heavy atom. The average Bonchev–Trinajstić information content (AvgIpc) is 2.93. The molecule has 53 heavy (non-hydrogen) atoms. The molecular formula is C26H11F23O4. The van der Waals surface area contributed by atoms with E-state index in [1.54, 1.807) is 0 Å². The number of hydrogen-bond acceptors (Lipinski definition) is 4. The van der Waals surface area contributed by atoms with Gasteiger partial charge in [-0.3, -0.25) is 0 Å². The topological polar surface area (TPSA) is 36.9 Å². The third-order valence-electron chi connectivity index (χ3n) is 8.16. The number of halogens is 23. The van der Waals surface area contributed by atoms with Gasteiger partial charge in [0.25, 0.3) is 0 Å². The molecule has 2 aliphatic rings. The fourth-order valence-corrected chi connectivity index (χ4v) is 5.22. The minimum absolute atomic E-state index is 1.99. The van der Waals surface area contributed by atoms with Crippen LogP contribution in [0.15, 0.2) is 0 Å². The van der Waals surface area contributed by atoms with Gasteiger partial charge in [0.2, 0.25) is 34.1 Å². The highest BCUT2D eigenvalue weighted by atomic mass is 19.4. The normalized spacial score (nSPS) is 21.2. The SMILES string of the molecule is Fc1c(F)c(C2OCC2(C(F)(F)F)C(F)(F)F)c(F)c(F)c1OCCC(Oc1c(F)c(F)c(C2OCC2(C(F)(F)F)C(F)(F)F)c(F)c1F)C(F)(F)F. The zero-order valence-corrected chi connectivity index (χ0v) is 24.4. The molecule has 2 aromatic carbocycles. The van der Waals surface area contributed by atoms with Crippen LogP contribution < -0.4 is 9.47 Å². The molecular weight excluding hydrogens is 813 g/mol. The lowest BCUT2D eigenvalue weighted by Crippen LogP contribution is -2.64. The molecule has 2 aromatic rings. The molecule has 300 valence electrons. The minimum Gasteiger partial charge on any atom is -0.487 e. The Bertz CT molecular complexity index is 1650. The Balaban J connectivity index is 1.64. The molecule has 0 N–H and O–H groups in total. The molecule has 3 atom stereocenters. The molecule has 4 rings (SSSR count). The number of alkyl halides is 15. The summed E-state index contributed by atoms with van der Waals surface area (Å²) in [5, 5.41) is 0. The highest BCUT2D eigenvalue weighted by Crippen LogP contribution is 2.66. The molecule has 0 bridgehead atoms. The standard InChI is InChI=1S/C26H11F23O4/c27-8-6(18-20(3-51-18,23(38,39)40)24(41,42)43)9(28)13(32)16(12(8)31)50-2-1-5(22(35,36)37)53-17-14(33)10(29)7(11(30)15(17)34)19-21(4-52-19,25(44,45)46)26(47,48)49/h5,18-19H,1-4H2. The van der Waals surface area contributed by atoms with E-state index in [2.05, 4.69) is 18.9 Å². The van der Waals surface area contributed by atoms with Gasteiger partial charge in [-0.05, 0) is 0 Å². The number of hydrogen-bond donors (Lipinski definition) is 0. The molecule has 2 aliphatic heterocycles. The fraction of sp³-hybridized carbons (Fsp3) is 0.538. The summed E-state index contributed by atoms with van der Waals surface area (Å²) in [7, 11) is 0. The first kappa shape index (κ1) is 42.1. The molecule has 3 unspecified atom stereocenters. The summed E-state index contributed by atoms with van der Waals surface area (Å²) in [5.74, 6) is -29.9. The smallest absolute Gasteiger partial charge is 0.425 e. The van der Waals surface area contributed by atoms with Crippen LogP contribution in [0, 0.1) is 57.4 Å². The van der Waals surface area contributed by atoms with Crippen molar-refractivity contribution in [3.8, 4) is 11.5 Å². The summed E-state index contributed by atoms with van der Waals surface area (Å²) in [4.78, 5) is 0. The molecule has 27 heteroatoms. The van der Waals surface area contributed by atoms with Crippen LogP contribution in [-0.4, -0.2) is 56.8 Å². The third kappa shape index (κ3) is 6.31. The summed E-state index contributed by atoms with van der Waals surface area (Å²) in [6.07, 6.45) is -45.4. The summed E-state index contributed by atoms with van der Waals surface area (Å²) < 4.78 is 334. The van der Waals surface area contributed by atoms with Gasteiger partial charge in [-0.15, -0.1) is 0 Å². The first-order valence-electron chi connectivity index (χ1n) is 13.4. The van der Waals surface area contributed by atoms with Crippen molar-refractivity contribution >= 4 is 0 Å². The second-order valence-electron chi connectivity index (χ2n) is 11.1. The predicted octanol–water partition coefficient (Wildman–Crippen LogP) is 9.94. The quantitative estimate of drug-likeness (QED) is 0.196. The van der Waals surface area contributed by atoms with Crippen LogP contribution in [0.4, 0.5) is 101 Å². The maximum absolute atomic E-state index is 14.7. The maximum Gasteiger partial charge on any atom is 0.425 e. The van der Waals surface area contributed by atoms with Crippen LogP contribution >= 0.6 is 0 Å². The van der Waals surface area contributed by atoms with Gasteiger partial charge >= 0.3 is 30.9 Å². The van der Waals surface area contributed by atoms with Crippen molar-refractivity contribution in [3.05, 3.63) is 57.7 Å². The maximum atomic E-state index is 14.7. The van der Waals surface area contributed by atoms with Gasteiger partial charge in [-0.1, -0.05) is 0 Å². The Morgan fingerprint density at radius 1 is 0.491 bits per heavy atom. The summed E-state index contributed by atoms with van der Waals surface area (Å²) in [6, 6.07) is 0. The molecule has 2 fully saturated rings. The Labute approximate surface area is 276 Å². The van der Waals surface area contributed by atoms with Crippen molar-refractivity contribution in [1.82, 2.24) is 0 Å². The van der Waals surface area contributed by atoms with Gasteiger partial charge in [-0.25, -0.2) is 17.6 Å². The van der Waals surface area contributed by atoms with E-state index in [0.29, 0.717) is 0 Å². The molecule has 2 saturated heterocycles. The Hall–Kier alpha value is -3.65. The van der Waals surface area contributed by atoms with Crippen molar-refractivity contribution in [2.45, 2.75) is 55.6 Å². The predicted molar refractivity (Wildman–Crippen MR) is 120 cm³/mol. The van der Waals surface area contributed by atoms with Crippen LogP contribution in [0.2, 0.25) is 0 Å². The van der Waals surface area contributed by atoms with Gasteiger partial charge in [0.15, 0.2) is 40.9 Å². The lowest BCUT2D eigenvalue weighted by molar-refractivity contribution is -0.434. The van der Waals surface area contributed by atoms with E-state index in [9.17, 15) is 101 Å². The summed E-state index contributed by atoms with van der Waals surface area (Å²) in [5.41, 5.74) is -15.7. The minimum atomic E-state index is -6.46. The molecule has 0 spiro atoms. The largest absolute Gasteiger partial charge is 0.487 e. The number of rotatable bonds is 8. The second kappa shape index (κ2) is 13.0. The lowest BCUT2D eigenvalue weighted by atomic mass is 9.73. The molecule has 2 heterocycles. The van der Waals surface area contributed by atoms with E-state index in [1.807, 2.05) is 0 Å². The van der Waals surface area contributed by atoms with Gasteiger partial charge in [-0.2, -0.15) is 83.4 Å². The molecule has 0 aliphatic carbocycles. The number of ether oxygens (including phenoxy) is 4. The molecule has 4 nitrogen and oxygen atoms in total. The van der Waals surface area contributed by atoms with E-state index in [0.717, 1.165) is 0 Å². The van der Waals surface area contributed by atoms with Crippen LogP contribution in [0.3, 0.4) is 0 Å². The van der Waals surface area contributed by atoms with E-state index >= 15 is 0 Å². The van der Waals surface area contributed by atoms with Crippen LogP contribution in [-0.2, 0) is 9.47 Å². The average molecular weight is 824 g/mol. The second-order valence-corrected chi connectivity index (χ2v) is 11.1. The van der Waals surface area contributed by atoms with Crippen molar-refractivity contribution in [3.63, 3.8) is 0 Å². The zero-order chi connectivity index (χ0) is 40.8. The van der Waals surface area contributed by atoms with E-state index < -0.39 is 155 Å². The summed E-state index contributed by atoms with van der Waals surface area (Å²) in [6.45, 7) is -6.71. The number of benzene rings is 2. The van der Waals surface area contributed by atoms with E-state index in [-0.39, 0.29) is 0 Å². The fourth-order valence-electron chi connectivity index (χ4n) is 5.22. The van der Waals surface area contributed by atoms with Crippen molar-refractivity contribution in [2.75, 3.05) is 19.8 Å². The van der Waals surface area contributed by atoms with Crippen LogP contribution in [0.1, 0.15) is 29.8 Å². The first-order chi connectivity index (χ1) is 23.8. The van der Waals surface area contributed by atoms with Crippen LogP contribution in [0.5, 0.6) is 11.5 Å². The van der Waals surface area contributed by atoms with Crippen molar-refractivity contribution in [2.24, 2.45) is 10.8 Å². The Kier molecular flexibility index (Phi) is 10.3. The molecule has 0 aromatic heterocycles. The monoisotopic (exact) mass is 824 g/mol. The van der Waals surface area contributed by atoms with E-state index in [1.165, 1.54) is 0 Å². The molecule has 0 radical (unpaired) electrons. The van der Waals surface area contributed by atoms with Gasteiger partial charge < -0.3 is 18.9 Å². The third-order valence-corrected chi connectivity index (χ3v) is 8.16. The molecule has 0 saturated carbocycles. The van der Waals surface area contributed by atoms with E-state index in [4.69, 9.17) is 0 Å². The Morgan fingerprint density at radius 3 is 1.04 bits per heavy atom. The van der Waals surface area contributed by atoms with Gasteiger partial charge in [0.05, 0.1) is 30.9 Å². The lowest BCUT2D eigenvalue weighted by Gasteiger charge is -2.50. The van der Waals surface area contributed by atoms with Gasteiger partial charge in [0, 0.05) is 6.42 Å². The first-order valence-corrected chi connectivity index (χ1v) is 13.4. The summed E-state index contributed by atoms with van der Waals surface area (Å²) >= 11 is 0. The van der Waals surface area contributed by atoms with Crippen LogP contribution in [0.25, 0.3) is 0 Å². The van der Waals surface area contributed by atoms with Gasteiger partial charge in [0.1, 0.15) is 12.2 Å². The highest BCUT2D eigenvalue weighted by Gasteiger charge is 2.81. The highest BCUT2D eigenvalue weighted by molar-refractivity contribution is 5.39. The van der Waals surface area contributed by atoms with Crippen molar-refractivity contribution < 1.29 is 120 Å². The van der Waals surface area contributed by atoms with Crippen molar-refractivity contribution in [1.29, 1.82) is 0 Å². The zero-order valence-electron chi connectivity index (χ0n) is 24.4. The molecule has 0 amide bonds.